The first kappa shape index (κ1) is 19.8. The van der Waals surface area contributed by atoms with Crippen molar-refractivity contribution in [3.05, 3.63) is 88.3 Å². The summed E-state index contributed by atoms with van der Waals surface area (Å²) in [4.78, 5) is 21.1. The smallest absolute Gasteiger partial charge is 0.231 e. The molecule has 1 aromatic carbocycles. The summed E-state index contributed by atoms with van der Waals surface area (Å²) in [6.07, 6.45) is 3.75. The minimum Gasteiger partial charge on any atom is -0.486 e. The minimum absolute atomic E-state index is 0.158. The fraction of sp³-hybridized carbons (Fsp3) is 0.182. The molecule has 1 N–H and O–H groups in total. The Labute approximate surface area is 178 Å². The zero-order chi connectivity index (χ0) is 20.8. The predicted octanol–water partition coefficient (Wildman–Crippen LogP) is 3.85. The van der Waals surface area contributed by atoms with E-state index in [0.717, 1.165) is 16.5 Å². The molecule has 0 radical (unpaired) electrons. The Morgan fingerprint density at radius 2 is 2.00 bits per heavy atom. The molecule has 3 aromatic heterocycles. The number of aromatic nitrogens is 4. The second-order valence-corrected chi connectivity index (χ2v) is 7.72. The van der Waals surface area contributed by atoms with Crippen molar-refractivity contribution in [2.75, 3.05) is 5.32 Å². The molecule has 0 unspecified atom stereocenters. The summed E-state index contributed by atoms with van der Waals surface area (Å²) >= 11 is 1.48. The fourth-order valence-corrected chi connectivity index (χ4v) is 3.51. The highest BCUT2D eigenvalue weighted by molar-refractivity contribution is 7.09. The third kappa shape index (κ3) is 5.51. The van der Waals surface area contributed by atoms with Crippen molar-refractivity contribution in [3.63, 3.8) is 0 Å². The molecule has 7 nitrogen and oxygen atoms in total. The summed E-state index contributed by atoms with van der Waals surface area (Å²) in [7, 11) is 0. The van der Waals surface area contributed by atoms with Crippen LogP contribution < -0.4 is 10.1 Å². The maximum Gasteiger partial charge on any atom is 0.231 e. The van der Waals surface area contributed by atoms with Gasteiger partial charge < -0.3 is 10.1 Å². The van der Waals surface area contributed by atoms with E-state index < -0.39 is 0 Å². The second-order valence-electron chi connectivity index (χ2n) is 6.78. The van der Waals surface area contributed by atoms with Crippen LogP contribution in [-0.4, -0.2) is 25.7 Å². The van der Waals surface area contributed by atoms with Crippen molar-refractivity contribution in [2.24, 2.45) is 0 Å². The largest absolute Gasteiger partial charge is 0.486 e. The number of pyridine rings is 1. The molecule has 0 bridgehead atoms. The van der Waals surface area contributed by atoms with Gasteiger partial charge in [-0.2, -0.15) is 5.10 Å². The van der Waals surface area contributed by atoms with Crippen molar-refractivity contribution >= 4 is 23.1 Å². The Morgan fingerprint density at radius 1 is 1.13 bits per heavy atom. The standard InChI is InChI=1S/C22H21N5O2S/c1-16-5-7-19(8-6-16)29-14-22-24-18(15-30-22)12-21(28)25-20-9-11-27(26-20)13-17-4-2-3-10-23-17/h2-11,15H,12-14H2,1H3,(H,25,26,28). The van der Waals surface area contributed by atoms with Crippen LogP contribution in [0.25, 0.3) is 0 Å². The van der Waals surface area contributed by atoms with Gasteiger partial charge in [-0.15, -0.1) is 11.3 Å². The predicted molar refractivity (Wildman–Crippen MR) is 116 cm³/mol. The van der Waals surface area contributed by atoms with Crippen molar-refractivity contribution in [3.8, 4) is 5.75 Å². The van der Waals surface area contributed by atoms with Crippen LogP contribution in [0.2, 0.25) is 0 Å². The average molecular weight is 420 g/mol. The normalized spacial score (nSPS) is 10.7. The summed E-state index contributed by atoms with van der Waals surface area (Å²) in [5, 5.41) is 9.89. The number of ether oxygens (including phenoxy) is 1. The first-order valence-corrected chi connectivity index (χ1v) is 10.4. The van der Waals surface area contributed by atoms with Gasteiger partial charge >= 0.3 is 0 Å². The highest BCUT2D eigenvalue weighted by Gasteiger charge is 2.10. The molecule has 30 heavy (non-hydrogen) atoms. The third-order valence-electron chi connectivity index (χ3n) is 4.28. The third-order valence-corrected chi connectivity index (χ3v) is 5.15. The van der Waals surface area contributed by atoms with Crippen LogP contribution >= 0.6 is 11.3 Å². The second kappa shape index (κ2) is 9.32. The summed E-state index contributed by atoms with van der Waals surface area (Å²) in [5.74, 6) is 1.15. The Balaban J connectivity index is 1.27. The molecular weight excluding hydrogens is 398 g/mol. The zero-order valence-corrected chi connectivity index (χ0v) is 17.3. The molecule has 0 aliphatic carbocycles. The quantitative estimate of drug-likeness (QED) is 0.469. The SMILES string of the molecule is Cc1ccc(OCc2nc(CC(=O)Nc3ccn(Cc4ccccn4)n3)cs2)cc1. The van der Waals surface area contributed by atoms with Gasteiger partial charge in [-0.1, -0.05) is 23.8 Å². The number of anilines is 1. The van der Waals surface area contributed by atoms with E-state index in [1.807, 2.05) is 61.0 Å². The van der Waals surface area contributed by atoms with Crippen LogP contribution in [-0.2, 0) is 24.4 Å². The lowest BCUT2D eigenvalue weighted by Gasteiger charge is -2.04. The summed E-state index contributed by atoms with van der Waals surface area (Å²) in [6, 6.07) is 15.4. The fourth-order valence-electron chi connectivity index (χ4n) is 2.80. The summed E-state index contributed by atoms with van der Waals surface area (Å²) in [5.41, 5.74) is 2.81. The highest BCUT2D eigenvalue weighted by Crippen LogP contribution is 2.16. The van der Waals surface area contributed by atoms with Gasteiger partial charge in [-0.05, 0) is 31.2 Å². The molecule has 8 heteroatoms. The molecule has 1 amide bonds. The molecule has 3 heterocycles. The Bertz CT molecular complexity index is 1110. The molecule has 0 atom stereocenters. The Kier molecular flexibility index (Phi) is 6.14. The van der Waals surface area contributed by atoms with E-state index in [1.54, 1.807) is 16.9 Å². The van der Waals surface area contributed by atoms with Crippen molar-refractivity contribution in [2.45, 2.75) is 26.5 Å². The number of benzene rings is 1. The monoisotopic (exact) mass is 419 g/mol. The number of rotatable bonds is 8. The van der Waals surface area contributed by atoms with Gasteiger partial charge in [0.15, 0.2) is 5.82 Å². The van der Waals surface area contributed by atoms with Gasteiger partial charge in [-0.3, -0.25) is 14.5 Å². The van der Waals surface area contributed by atoms with E-state index in [-0.39, 0.29) is 12.3 Å². The maximum atomic E-state index is 12.3. The number of thiazole rings is 1. The number of hydrogen-bond donors (Lipinski definition) is 1. The number of carbonyl (C=O) groups excluding carboxylic acids is 1. The zero-order valence-electron chi connectivity index (χ0n) is 16.5. The van der Waals surface area contributed by atoms with Gasteiger partial charge in [0.2, 0.25) is 5.91 Å². The van der Waals surface area contributed by atoms with Crippen LogP contribution in [0.15, 0.2) is 66.3 Å². The van der Waals surface area contributed by atoms with Gasteiger partial charge in [0.05, 0.1) is 24.4 Å². The number of hydrogen-bond acceptors (Lipinski definition) is 6. The molecule has 0 spiro atoms. The topological polar surface area (TPSA) is 81.9 Å². The van der Waals surface area contributed by atoms with Crippen molar-refractivity contribution < 1.29 is 9.53 Å². The molecule has 4 aromatic rings. The first-order chi connectivity index (χ1) is 14.6. The van der Waals surface area contributed by atoms with Gasteiger partial charge in [0, 0.05) is 23.8 Å². The molecule has 0 aliphatic heterocycles. The van der Waals surface area contributed by atoms with E-state index in [1.165, 1.54) is 16.9 Å². The van der Waals surface area contributed by atoms with E-state index in [4.69, 9.17) is 4.74 Å². The minimum atomic E-state index is -0.158. The van der Waals surface area contributed by atoms with Crippen LogP contribution in [0.5, 0.6) is 5.75 Å². The van der Waals surface area contributed by atoms with Crippen LogP contribution in [0.4, 0.5) is 5.82 Å². The average Bonchev–Trinajstić information content (AvgIpc) is 3.37. The Morgan fingerprint density at radius 3 is 2.80 bits per heavy atom. The highest BCUT2D eigenvalue weighted by atomic mass is 32.1. The van der Waals surface area contributed by atoms with Gasteiger partial charge in [0.25, 0.3) is 0 Å². The van der Waals surface area contributed by atoms with Crippen LogP contribution in [0, 0.1) is 6.92 Å². The van der Waals surface area contributed by atoms with Crippen LogP contribution in [0.1, 0.15) is 22.0 Å². The number of aryl methyl sites for hydroxylation is 1. The molecule has 4 rings (SSSR count). The molecule has 0 fully saturated rings. The van der Waals surface area contributed by atoms with Crippen LogP contribution in [0.3, 0.4) is 0 Å². The first-order valence-electron chi connectivity index (χ1n) is 9.50. The molecule has 0 saturated carbocycles. The molecule has 0 aliphatic rings. The van der Waals surface area contributed by atoms with Crippen molar-refractivity contribution in [1.29, 1.82) is 0 Å². The number of nitrogens with one attached hydrogen (secondary N) is 1. The number of carbonyl (C=O) groups is 1. The summed E-state index contributed by atoms with van der Waals surface area (Å²) in [6.45, 7) is 2.97. The molecular formula is C22H21N5O2S. The lowest BCUT2D eigenvalue weighted by atomic mass is 10.2. The van der Waals surface area contributed by atoms with E-state index in [0.29, 0.717) is 24.7 Å². The van der Waals surface area contributed by atoms with E-state index in [2.05, 4.69) is 20.4 Å². The van der Waals surface area contributed by atoms with Gasteiger partial charge in [-0.25, -0.2) is 4.98 Å². The molecule has 152 valence electrons. The Hall–Kier alpha value is -3.52. The van der Waals surface area contributed by atoms with Gasteiger partial charge in [0.1, 0.15) is 17.4 Å². The number of nitrogens with zero attached hydrogens (tertiary/aromatic N) is 4. The maximum absolute atomic E-state index is 12.3. The van der Waals surface area contributed by atoms with E-state index >= 15 is 0 Å². The van der Waals surface area contributed by atoms with E-state index in [9.17, 15) is 4.79 Å². The van der Waals surface area contributed by atoms with Crippen molar-refractivity contribution in [1.82, 2.24) is 19.7 Å². The number of amides is 1. The lowest BCUT2D eigenvalue weighted by Crippen LogP contribution is -2.15. The molecule has 0 saturated heterocycles. The lowest BCUT2D eigenvalue weighted by molar-refractivity contribution is -0.115. The summed E-state index contributed by atoms with van der Waals surface area (Å²) < 4.78 is 7.48.